The van der Waals surface area contributed by atoms with Crippen molar-refractivity contribution in [2.75, 3.05) is 13.1 Å². The van der Waals surface area contributed by atoms with Crippen molar-refractivity contribution in [3.63, 3.8) is 0 Å². The summed E-state index contributed by atoms with van der Waals surface area (Å²) in [4.78, 5) is 16.0. The monoisotopic (exact) mass is 270 g/mol. The second-order valence-corrected chi connectivity index (χ2v) is 5.15. The molecule has 3 rings (SSSR count). The molecule has 1 unspecified atom stereocenters. The van der Waals surface area contributed by atoms with Gasteiger partial charge in [0.25, 0.3) is 0 Å². The second kappa shape index (κ2) is 5.46. The molecule has 1 atom stereocenters. The first-order valence-electron chi connectivity index (χ1n) is 6.83. The maximum atomic E-state index is 12.0. The first kappa shape index (κ1) is 12.9. The van der Waals surface area contributed by atoms with Gasteiger partial charge >= 0.3 is 0 Å². The predicted octanol–water partition coefficient (Wildman–Crippen LogP) is 1.27. The zero-order valence-electron chi connectivity index (χ0n) is 11.4. The molecule has 1 fully saturated rings. The Balaban J connectivity index is 1.72. The number of hydrogen-bond donors (Lipinski definition) is 2. The van der Waals surface area contributed by atoms with Crippen LogP contribution in [0.3, 0.4) is 0 Å². The summed E-state index contributed by atoms with van der Waals surface area (Å²) in [6.45, 7) is 3.58. The van der Waals surface area contributed by atoms with Crippen LogP contribution in [0.2, 0.25) is 0 Å². The number of imidazole rings is 1. The summed E-state index contributed by atoms with van der Waals surface area (Å²) in [6, 6.07) is 8.13. The molecule has 2 aromatic rings. The largest absolute Gasteiger partial charge is 0.349 e. The highest BCUT2D eigenvalue weighted by Gasteiger charge is 2.25. The van der Waals surface area contributed by atoms with Crippen LogP contribution in [0.25, 0.3) is 5.69 Å². The summed E-state index contributed by atoms with van der Waals surface area (Å²) in [5, 5.41) is 6.18. The van der Waals surface area contributed by atoms with Crippen LogP contribution in [0.5, 0.6) is 0 Å². The van der Waals surface area contributed by atoms with Crippen molar-refractivity contribution in [2.45, 2.75) is 13.0 Å². The van der Waals surface area contributed by atoms with E-state index in [1.807, 2.05) is 35.9 Å². The van der Waals surface area contributed by atoms with E-state index in [1.165, 1.54) is 0 Å². The minimum absolute atomic E-state index is 0.00608. The molecule has 0 spiro atoms. The average Bonchev–Trinajstić information content (AvgIpc) is 2.90. The molecule has 5 heteroatoms. The molecule has 1 amide bonds. The van der Waals surface area contributed by atoms with Gasteiger partial charge in [0, 0.05) is 31.2 Å². The molecule has 1 aromatic carbocycles. The molecule has 0 aliphatic carbocycles. The van der Waals surface area contributed by atoms with Gasteiger partial charge in [-0.25, -0.2) is 4.98 Å². The van der Waals surface area contributed by atoms with E-state index in [9.17, 15) is 4.79 Å². The number of rotatable bonds is 4. The van der Waals surface area contributed by atoms with Crippen molar-refractivity contribution in [1.29, 1.82) is 0 Å². The number of nitrogens with one attached hydrogen (secondary N) is 2. The Morgan fingerprint density at radius 1 is 1.50 bits per heavy atom. The summed E-state index contributed by atoms with van der Waals surface area (Å²) < 4.78 is 1.95. The molecular weight excluding hydrogens is 252 g/mol. The summed E-state index contributed by atoms with van der Waals surface area (Å²) in [5.74, 6) is 0.249. The van der Waals surface area contributed by atoms with Crippen LogP contribution in [0.4, 0.5) is 0 Å². The quantitative estimate of drug-likeness (QED) is 0.879. The van der Waals surface area contributed by atoms with Crippen LogP contribution in [-0.2, 0) is 4.79 Å². The maximum Gasteiger partial charge on any atom is 0.226 e. The molecular formula is C15H18N4O. The molecule has 104 valence electrons. The fourth-order valence-electron chi connectivity index (χ4n) is 2.26. The third kappa shape index (κ3) is 2.58. The molecule has 1 aliphatic heterocycles. The predicted molar refractivity (Wildman–Crippen MR) is 76.5 cm³/mol. The van der Waals surface area contributed by atoms with Crippen molar-refractivity contribution < 1.29 is 4.79 Å². The number of carbonyl (C=O) groups excluding carboxylic acids is 1. The van der Waals surface area contributed by atoms with E-state index in [0.29, 0.717) is 0 Å². The summed E-state index contributed by atoms with van der Waals surface area (Å²) in [5.41, 5.74) is 2.14. The zero-order chi connectivity index (χ0) is 13.9. The molecule has 2 N–H and O–H groups in total. The average molecular weight is 270 g/mol. The highest BCUT2D eigenvalue weighted by molar-refractivity contribution is 5.80. The lowest BCUT2D eigenvalue weighted by atomic mass is 10.0. The first-order chi connectivity index (χ1) is 9.74. The van der Waals surface area contributed by atoms with Gasteiger partial charge in [-0.3, -0.25) is 4.79 Å². The van der Waals surface area contributed by atoms with Gasteiger partial charge in [0.05, 0.1) is 18.3 Å². The second-order valence-electron chi connectivity index (χ2n) is 5.15. The van der Waals surface area contributed by atoms with Gasteiger partial charge in [-0.05, 0) is 24.6 Å². The summed E-state index contributed by atoms with van der Waals surface area (Å²) in [6.07, 6.45) is 5.42. The number of carbonyl (C=O) groups is 1. The van der Waals surface area contributed by atoms with Crippen molar-refractivity contribution in [3.8, 4) is 5.69 Å². The van der Waals surface area contributed by atoms with Crippen molar-refractivity contribution >= 4 is 5.91 Å². The molecule has 1 saturated heterocycles. The van der Waals surface area contributed by atoms with E-state index in [-0.39, 0.29) is 17.9 Å². The lowest BCUT2D eigenvalue weighted by Crippen LogP contribution is -2.51. The Morgan fingerprint density at radius 2 is 2.35 bits per heavy atom. The van der Waals surface area contributed by atoms with Crippen molar-refractivity contribution in [1.82, 2.24) is 20.2 Å². The van der Waals surface area contributed by atoms with E-state index in [2.05, 4.69) is 21.7 Å². The number of benzene rings is 1. The third-order valence-corrected chi connectivity index (χ3v) is 3.68. The van der Waals surface area contributed by atoms with Crippen LogP contribution in [0.1, 0.15) is 18.5 Å². The van der Waals surface area contributed by atoms with Gasteiger partial charge in [-0.1, -0.05) is 12.1 Å². The summed E-state index contributed by atoms with van der Waals surface area (Å²) >= 11 is 0. The lowest BCUT2D eigenvalue weighted by molar-refractivity contribution is -0.127. The SMILES string of the molecule is CC(NC(=O)C1CNC1)c1cccc(-n2ccnc2)c1. The normalized spacial score (nSPS) is 16.4. The minimum atomic E-state index is 0.00608. The molecule has 1 aliphatic rings. The summed E-state index contributed by atoms with van der Waals surface area (Å²) in [7, 11) is 0. The minimum Gasteiger partial charge on any atom is -0.349 e. The van der Waals surface area contributed by atoms with Gasteiger partial charge in [0.2, 0.25) is 5.91 Å². The molecule has 1 aromatic heterocycles. The zero-order valence-corrected chi connectivity index (χ0v) is 11.4. The molecule has 5 nitrogen and oxygen atoms in total. The van der Waals surface area contributed by atoms with Crippen LogP contribution < -0.4 is 10.6 Å². The number of aromatic nitrogens is 2. The van der Waals surface area contributed by atoms with Crippen LogP contribution >= 0.6 is 0 Å². The Morgan fingerprint density at radius 3 is 3.00 bits per heavy atom. The van der Waals surface area contributed by atoms with E-state index >= 15 is 0 Å². The number of nitrogens with zero attached hydrogens (tertiary/aromatic N) is 2. The topological polar surface area (TPSA) is 59.0 Å². The van der Waals surface area contributed by atoms with Crippen LogP contribution in [-0.4, -0.2) is 28.5 Å². The van der Waals surface area contributed by atoms with Gasteiger partial charge in [-0.2, -0.15) is 0 Å². The van der Waals surface area contributed by atoms with Gasteiger partial charge in [0.1, 0.15) is 0 Å². The Bertz CT molecular complexity index is 590. The highest BCUT2D eigenvalue weighted by atomic mass is 16.2. The molecule has 0 radical (unpaired) electrons. The van der Waals surface area contributed by atoms with E-state index in [4.69, 9.17) is 0 Å². The van der Waals surface area contributed by atoms with Crippen molar-refractivity contribution in [2.24, 2.45) is 5.92 Å². The Kier molecular flexibility index (Phi) is 3.52. The Hall–Kier alpha value is -2.14. The first-order valence-corrected chi connectivity index (χ1v) is 6.83. The number of amides is 1. The fraction of sp³-hybridized carbons (Fsp3) is 0.333. The standard InChI is InChI=1S/C15H18N4O/c1-11(18-15(20)13-8-17-9-13)12-3-2-4-14(7-12)19-6-5-16-10-19/h2-7,10-11,13,17H,8-9H2,1H3,(H,18,20). The molecule has 0 saturated carbocycles. The molecule has 2 heterocycles. The van der Waals surface area contributed by atoms with Crippen LogP contribution in [0.15, 0.2) is 43.0 Å². The molecule has 0 bridgehead atoms. The highest BCUT2D eigenvalue weighted by Crippen LogP contribution is 2.17. The van der Waals surface area contributed by atoms with Crippen molar-refractivity contribution in [3.05, 3.63) is 48.5 Å². The smallest absolute Gasteiger partial charge is 0.226 e. The maximum absolute atomic E-state index is 12.0. The van der Waals surface area contributed by atoms with Gasteiger partial charge in [-0.15, -0.1) is 0 Å². The van der Waals surface area contributed by atoms with Crippen LogP contribution in [0, 0.1) is 5.92 Å². The van der Waals surface area contributed by atoms with Gasteiger partial charge < -0.3 is 15.2 Å². The fourth-order valence-corrected chi connectivity index (χ4v) is 2.26. The van der Waals surface area contributed by atoms with E-state index < -0.39 is 0 Å². The molecule has 20 heavy (non-hydrogen) atoms. The van der Waals surface area contributed by atoms with E-state index in [0.717, 1.165) is 24.3 Å². The number of hydrogen-bond acceptors (Lipinski definition) is 3. The van der Waals surface area contributed by atoms with Gasteiger partial charge in [0.15, 0.2) is 0 Å². The lowest BCUT2D eigenvalue weighted by Gasteiger charge is -2.27. The Labute approximate surface area is 118 Å². The van der Waals surface area contributed by atoms with E-state index in [1.54, 1.807) is 12.5 Å². The third-order valence-electron chi connectivity index (χ3n) is 3.68.